The average molecular weight is 338 g/mol. The van der Waals surface area contributed by atoms with Crippen LogP contribution in [0, 0.1) is 5.92 Å². The van der Waals surface area contributed by atoms with Crippen LogP contribution in [0.4, 0.5) is 0 Å². The van der Waals surface area contributed by atoms with E-state index in [1.165, 1.54) is 11.3 Å². The summed E-state index contributed by atoms with van der Waals surface area (Å²) in [4.78, 5) is 27.4. The third kappa shape index (κ3) is 4.15. The molecular weight excluding hydrogens is 322 g/mol. The third-order valence-corrected chi connectivity index (χ3v) is 4.60. The van der Waals surface area contributed by atoms with Gasteiger partial charge < -0.3 is 5.11 Å². The number of carbonyl (C=O) groups is 2. The van der Waals surface area contributed by atoms with Gasteiger partial charge in [0.1, 0.15) is 10.8 Å². The summed E-state index contributed by atoms with van der Waals surface area (Å²) in [6, 6.07) is 7.40. The molecule has 2 rings (SSSR count). The lowest BCUT2D eigenvalue weighted by Crippen LogP contribution is -2.18. The van der Waals surface area contributed by atoms with E-state index in [0.717, 1.165) is 10.6 Å². The maximum absolute atomic E-state index is 12.0. The maximum Gasteiger partial charge on any atom is 0.306 e. The van der Waals surface area contributed by atoms with Crippen molar-refractivity contribution in [1.29, 1.82) is 0 Å². The molecule has 0 aliphatic carbocycles. The van der Waals surface area contributed by atoms with E-state index in [4.69, 9.17) is 16.7 Å². The van der Waals surface area contributed by atoms with Crippen LogP contribution in [0.5, 0.6) is 0 Å². The van der Waals surface area contributed by atoms with Crippen molar-refractivity contribution in [3.63, 3.8) is 0 Å². The van der Waals surface area contributed by atoms with E-state index in [1.54, 1.807) is 13.0 Å². The first-order chi connectivity index (χ1) is 10.5. The molecule has 2 aromatic rings. The molecule has 0 amide bonds. The standard InChI is InChI=1S/C16H16ClNO3S/c1-2-10(16(20)21)7-12(19)8-11-9-22-15(18-11)13-5-3-4-6-14(13)17/h3-6,9-10H,2,7-8H2,1H3,(H,20,21). The number of rotatable bonds is 7. The number of hydrogen-bond donors (Lipinski definition) is 1. The summed E-state index contributed by atoms with van der Waals surface area (Å²) in [6.07, 6.45) is 0.651. The van der Waals surface area contributed by atoms with Gasteiger partial charge in [-0.05, 0) is 12.5 Å². The van der Waals surface area contributed by atoms with E-state index in [1.807, 2.05) is 23.6 Å². The number of carboxylic acids is 1. The van der Waals surface area contributed by atoms with Crippen LogP contribution in [0.25, 0.3) is 10.6 Å². The minimum atomic E-state index is -0.925. The zero-order valence-corrected chi connectivity index (χ0v) is 13.7. The van der Waals surface area contributed by atoms with Crippen LogP contribution in [0.15, 0.2) is 29.6 Å². The smallest absolute Gasteiger partial charge is 0.306 e. The Labute approximate surface area is 137 Å². The summed E-state index contributed by atoms with van der Waals surface area (Å²) in [5, 5.41) is 12.2. The number of hydrogen-bond acceptors (Lipinski definition) is 4. The Bertz CT molecular complexity index is 684. The minimum Gasteiger partial charge on any atom is -0.481 e. The third-order valence-electron chi connectivity index (χ3n) is 3.35. The number of nitrogens with zero attached hydrogens (tertiary/aromatic N) is 1. The Kier molecular flexibility index (Phi) is 5.69. The van der Waals surface area contributed by atoms with Gasteiger partial charge in [0.2, 0.25) is 0 Å². The van der Waals surface area contributed by atoms with Crippen LogP contribution in [0.1, 0.15) is 25.5 Å². The summed E-state index contributed by atoms with van der Waals surface area (Å²) in [5.74, 6) is -1.65. The molecular formula is C16H16ClNO3S. The zero-order chi connectivity index (χ0) is 16.1. The zero-order valence-electron chi connectivity index (χ0n) is 12.1. The van der Waals surface area contributed by atoms with Gasteiger partial charge in [0.25, 0.3) is 0 Å². The fraction of sp³-hybridized carbons (Fsp3) is 0.312. The molecule has 1 aromatic heterocycles. The summed E-state index contributed by atoms with van der Waals surface area (Å²) in [5.41, 5.74) is 1.50. The van der Waals surface area contributed by atoms with Gasteiger partial charge in [0.15, 0.2) is 0 Å². The largest absolute Gasteiger partial charge is 0.481 e. The first-order valence-electron chi connectivity index (χ1n) is 6.95. The first kappa shape index (κ1) is 16.6. The molecule has 116 valence electrons. The van der Waals surface area contributed by atoms with Crippen LogP contribution in [-0.2, 0) is 16.0 Å². The number of aromatic nitrogens is 1. The number of carbonyl (C=O) groups excluding carboxylic acids is 1. The second-order valence-corrected chi connectivity index (χ2v) is 6.25. The number of ketones is 1. The fourth-order valence-corrected chi connectivity index (χ4v) is 3.24. The molecule has 22 heavy (non-hydrogen) atoms. The molecule has 1 atom stereocenters. The lowest BCUT2D eigenvalue weighted by molar-refractivity contribution is -0.143. The summed E-state index contributed by atoms with van der Waals surface area (Å²) < 4.78 is 0. The van der Waals surface area contributed by atoms with Crippen molar-refractivity contribution in [3.8, 4) is 10.6 Å². The molecule has 1 aromatic carbocycles. The van der Waals surface area contributed by atoms with E-state index in [2.05, 4.69) is 4.98 Å². The van der Waals surface area contributed by atoms with Crippen LogP contribution >= 0.6 is 22.9 Å². The minimum absolute atomic E-state index is 0.0464. The van der Waals surface area contributed by atoms with Gasteiger partial charge >= 0.3 is 5.97 Å². The molecule has 0 aliphatic heterocycles. The maximum atomic E-state index is 12.0. The summed E-state index contributed by atoms with van der Waals surface area (Å²) >= 11 is 7.56. The highest BCUT2D eigenvalue weighted by Crippen LogP contribution is 2.30. The lowest BCUT2D eigenvalue weighted by Gasteiger charge is -2.07. The SMILES string of the molecule is CCC(CC(=O)Cc1csc(-c2ccccc2Cl)n1)C(=O)O. The predicted octanol–water partition coefficient (Wildman–Crippen LogP) is 4.08. The van der Waals surface area contributed by atoms with E-state index < -0.39 is 11.9 Å². The second kappa shape index (κ2) is 7.51. The van der Waals surface area contributed by atoms with Crippen molar-refractivity contribution >= 4 is 34.7 Å². The van der Waals surface area contributed by atoms with E-state index >= 15 is 0 Å². The Morgan fingerprint density at radius 2 is 2.09 bits per heavy atom. The molecule has 0 fully saturated rings. The topological polar surface area (TPSA) is 67.3 Å². The Hall–Kier alpha value is -1.72. The van der Waals surface area contributed by atoms with Crippen molar-refractivity contribution in [2.24, 2.45) is 5.92 Å². The normalized spacial score (nSPS) is 12.1. The average Bonchev–Trinajstić information content (AvgIpc) is 2.93. The van der Waals surface area contributed by atoms with Gasteiger partial charge in [-0.2, -0.15) is 0 Å². The number of benzene rings is 1. The summed E-state index contributed by atoms with van der Waals surface area (Å²) in [7, 11) is 0. The molecule has 0 aliphatic rings. The van der Waals surface area contributed by atoms with Gasteiger partial charge in [-0.25, -0.2) is 4.98 Å². The van der Waals surface area contributed by atoms with Crippen molar-refractivity contribution in [2.75, 3.05) is 0 Å². The number of thiazole rings is 1. The molecule has 4 nitrogen and oxygen atoms in total. The van der Waals surface area contributed by atoms with Gasteiger partial charge in [-0.1, -0.05) is 36.7 Å². The Balaban J connectivity index is 2.05. The highest BCUT2D eigenvalue weighted by molar-refractivity contribution is 7.13. The molecule has 1 unspecified atom stereocenters. The lowest BCUT2D eigenvalue weighted by atomic mass is 9.98. The van der Waals surface area contributed by atoms with Gasteiger partial charge in [-0.15, -0.1) is 11.3 Å². The predicted molar refractivity (Wildman–Crippen MR) is 87.3 cm³/mol. The van der Waals surface area contributed by atoms with Crippen molar-refractivity contribution in [2.45, 2.75) is 26.2 Å². The van der Waals surface area contributed by atoms with Crippen molar-refractivity contribution < 1.29 is 14.7 Å². The van der Waals surface area contributed by atoms with E-state index in [0.29, 0.717) is 17.1 Å². The Morgan fingerprint density at radius 3 is 2.73 bits per heavy atom. The number of halogens is 1. The molecule has 0 saturated carbocycles. The molecule has 0 saturated heterocycles. The van der Waals surface area contributed by atoms with E-state index in [-0.39, 0.29) is 18.6 Å². The Morgan fingerprint density at radius 1 is 1.36 bits per heavy atom. The van der Waals surface area contributed by atoms with Crippen LogP contribution in [0.2, 0.25) is 5.02 Å². The van der Waals surface area contributed by atoms with Crippen molar-refractivity contribution in [1.82, 2.24) is 4.98 Å². The van der Waals surface area contributed by atoms with Crippen LogP contribution in [0.3, 0.4) is 0 Å². The quantitative estimate of drug-likeness (QED) is 0.826. The van der Waals surface area contributed by atoms with E-state index in [9.17, 15) is 9.59 Å². The molecule has 6 heteroatoms. The van der Waals surface area contributed by atoms with Gasteiger partial charge in [0, 0.05) is 23.8 Å². The van der Waals surface area contributed by atoms with Gasteiger partial charge in [0.05, 0.1) is 16.6 Å². The monoisotopic (exact) mass is 337 g/mol. The highest BCUT2D eigenvalue weighted by atomic mass is 35.5. The van der Waals surface area contributed by atoms with Gasteiger partial charge in [-0.3, -0.25) is 9.59 Å². The molecule has 0 radical (unpaired) electrons. The summed E-state index contributed by atoms with van der Waals surface area (Å²) in [6.45, 7) is 1.77. The van der Waals surface area contributed by atoms with Crippen LogP contribution < -0.4 is 0 Å². The van der Waals surface area contributed by atoms with Crippen LogP contribution in [-0.4, -0.2) is 21.8 Å². The number of aliphatic carboxylic acids is 1. The molecule has 1 heterocycles. The molecule has 0 bridgehead atoms. The first-order valence-corrected chi connectivity index (χ1v) is 8.20. The number of carboxylic acid groups (broad SMARTS) is 1. The highest BCUT2D eigenvalue weighted by Gasteiger charge is 2.20. The number of Topliss-reactive ketones (excluding diaryl/α,β-unsaturated/α-hetero) is 1. The molecule has 1 N–H and O–H groups in total. The molecule has 0 spiro atoms. The second-order valence-electron chi connectivity index (χ2n) is 4.99. The van der Waals surface area contributed by atoms with Crippen molar-refractivity contribution in [3.05, 3.63) is 40.4 Å². The fourth-order valence-electron chi connectivity index (χ4n) is 2.10.